The van der Waals surface area contributed by atoms with Gasteiger partial charge in [0.25, 0.3) is 0 Å². The number of esters is 1. The number of benzene rings is 1. The zero-order valence-electron chi connectivity index (χ0n) is 16.5. The number of hydrogen-bond acceptors (Lipinski definition) is 2. The number of allylic oxidation sites excluding steroid dienone is 2. The molecule has 3 rings (SSSR count). The van der Waals surface area contributed by atoms with Gasteiger partial charge in [0, 0.05) is 0 Å². The molecule has 0 aliphatic heterocycles. The molecule has 0 spiro atoms. The summed E-state index contributed by atoms with van der Waals surface area (Å²) in [5.74, 6) is 2.39. The maximum Gasteiger partial charge on any atom is 0.314 e. The monoisotopic (exact) mass is 372 g/mol. The number of unbranched alkanes of at least 4 members (excludes halogenated alkanes) is 1. The van der Waals surface area contributed by atoms with Crippen molar-refractivity contribution in [2.45, 2.75) is 71.1 Å². The van der Waals surface area contributed by atoms with Crippen molar-refractivity contribution in [3.63, 3.8) is 0 Å². The normalized spacial score (nSPS) is 29.0. The minimum absolute atomic E-state index is 0.000353. The minimum atomic E-state index is -0.314. The summed E-state index contributed by atoms with van der Waals surface area (Å²) in [4.78, 5) is 12.4. The van der Waals surface area contributed by atoms with Gasteiger partial charge in [-0.25, -0.2) is 4.39 Å². The van der Waals surface area contributed by atoms with E-state index < -0.39 is 0 Å². The Morgan fingerprint density at radius 3 is 2.19 bits per heavy atom. The third kappa shape index (κ3) is 5.92. The predicted octanol–water partition coefficient (Wildman–Crippen LogP) is 6.70. The second kappa shape index (κ2) is 10.1. The molecule has 0 atom stereocenters. The van der Waals surface area contributed by atoms with Gasteiger partial charge >= 0.3 is 5.97 Å². The van der Waals surface area contributed by atoms with E-state index in [0.29, 0.717) is 5.75 Å². The number of hydrogen-bond donors (Lipinski definition) is 0. The molecule has 1 aromatic carbocycles. The lowest BCUT2D eigenvalue weighted by molar-refractivity contribution is -0.140. The van der Waals surface area contributed by atoms with Crippen molar-refractivity contribution in [3.05, 3.63) is 42.2 Å². The molecule has 0 N–H and O–H groups in total. The van der Waals surface area contributed by atoms with Crippen LogP contribution in [0, 0.1) is 29.5 Å². The zero-order valence-corrected chi connectivity index (χ0v) is 16.5. The summed E-state index contributed by atoms with van der Waals surface area (Å²) < 4.78 is 18.4. The molecule has 0 bridgehead atoms. The van der Waals surface area contributed by atoms with Crippen LogP contribution in [0.1, 0.15) is 71.1 Å². The average Bonchev–Trinajstić information content (AvgIpc) is 2.70. The van der Waals surface area contributed by atoms with E-state index in [1.165, 1.54) is 62.8 Å². The van der Waals surface area contributed by atoms with Crippen LogP contribution >= 0.6 is 0 Å². The summed E-state index contributed by atoms with van der Waals surface area (Å²) in [6.07, 6.45) is 16.7. The summed E-state index contributed by atoms with van der Waals surface area (Å²) in [6.45, 7) is 2.23. The van der Waals surface area contributed by atoms with Crippen LogP contribution in [0.15, 0.2) is 36.4 Å². The largest absolute Gasteiger partial charge is 0.426 e. The van der Waals surface area contributed by atoms with Crippen LogP contribution in [0.3, 0.4) is 0 Å². The van der Waals surface area contributed by atoms with Gasteiger partial charge in [0.1, 0.15) is 11.6 Å². The molecule has 0 unspecified atom stereocenters. The summed E-state index contributed by atoms with van der Waals surface area (Å²) in [6, 6.07) is 5.69. The first-order valence-electron chi connectivity index (χ1n) is 10.8. The first kappa shape index (κ1) is 20.1. The van der Waals surface area contributed by atoms with Gasteiger partial charge in [-0.15, -0.1) is 0 Å². The lowest BCUT2D eigenvalue weighted by atomic mass is 9.69. The van der Waals surface area contributed by atoms with E-state index in [-0.39, 0.29) is 17.7 Å². The Hall–Kier alpha value is -1.64. The quantitative estimate of drug-likeness (QED) is 0.315. The first-order valence-corrected chi connectivity index (χ1v) is 10.8. The highest BCUT2D eigenvalue weighted by atomic mass is 19.1. The van der Waals surface area contributed by atoms with Gasteiger partial charge in [0.05, 0.1) is 5.92 Å². The van der Waals surface area contributed by atoms with Crippen molar-refractivity contribution >= 4 is 5.97 Å². The van der Waals surface area contributed by atoms with Gasteiger partial charge in [-0.1, -0.05) is 25.5 Å². The van der Waals surface area contributed by atoms with E-state index in [1.54, 1.807) is 0 Å². The standard InChI is InChI=1S/C24H33FO2/c1-2-3-4-5-18-6-8-19(9-7-18)20-10-12-21(13-11-20)24(26)27-23-16-14-22(25)15-17-23/h4-5,14-21H,2-3,6-13H2,1H3/b5-4+. The Labute approximate surface area is 163 Å². The van der Waals surface area contributed by atoms with E-state index in [0.717, 1.165) is 43.4 Å². The number of carbonyl (C=O) groups excluding carboxylic acids is 1. The van der Waals surface area contributed by atoms with Crippen molar-refractivity contribution in [2.24, 2.45) is 23.7 Å². The number of halogens is 1. The van der Waals surface area contributed by atoms with Crippen LogP contribution in [0.2, 0.25) is 0 Å². The van der Waals surface area contributed by atoms with Gasteiger partial charge in [0.2, 0.25) is 0 Å². The molecule has 148 valence electrons. The predicted molar refractivity (Wildman–Crippen MR) is 107 cm³/mol. The molecule has 27 heavy (non-hydrogen) atoms. The fraction of sp³-hybridized carbons (Fsp3) is 0.625. The molecule has 0 amide bonds. The first-order chi connectivity index (χ1) is 13.2. The van der Waals surface area contributed by atoms with E-state index in [9.17, 15) is 9.18 Å². The molecular formula is C24H33FO2. The van der Waals surface area contributed by atoms with Gasteiger partial charge in [-0.3, -0.25) is 4.79 Å². The molecule has 2 aliphatic carbocycles. The van der Waals surface area contributed by atoms with E-state index in [4.69, 9.17) is 4.74 Å². The molecule has 0 aromatic heterocycles. The maximum atomic E-state index is 13.0. The second-order valence-corrected chi connectivity index (χ2v) is 8.38. The third-order valence-electron chi connectivity index (χ3n) is 6.48. The van der Waals surface area contributed by atoms with Gasteiger partial charge in [-0.2, -0.15) is 0 Å². The Balaban J connectivity index is 1.40. The zero-order chi connectivity index (χ0) is 19.1. The van der Waals surface area contributed by atoms with Crippen molar-refractivity contribution < 1.29 is 13.9 Å². The van der Waals surface area contributed by atoms with Crippen LogP contribution in [-0.4, -0.2) is 5.97 Å². The summed E-state index contributed by atoms with van der Waals surface area (Å²) >= 11 is 0. The minimum Gasteiger partial charge on any atom is -0.426 e. The van der Waals surface area contributed by atoms with Crippen LogP contribution in [0.5, 0.6) is 5.75 Å². The molecule has 2 saturated carbocycles. The molecule has 2 nitrogen and oxygen atoms in total. The van der Waals surface area contributed by atoms with E-state index in [2.05, 4.69) is 19.1 Å². The molecular weight excluding hydrogens is 339 g/mol. The SMILES string of the molecule is CCC/C=C/C1CCC(C2CCC(C(=O)Oc3ccc(F)cc3)CC2)CC1. The summed E-state index contributed by atoms with van der Waals surface area (Å²) in [5.41, 5.74) is 0. The molecule has 0 radical (unpaired) electrons. The average molecular weight is 373 g/mol. The lowest BCUT2D eigenvalue weighted by Crippen LogP contribution is -2.30. The third-order valence-corrected chi connectivity index (χ3v) is 6.48. The number of rotatable bonds is 6. The summed E-state index contributed by atoms with van der Waals surface area (Å²) in [5, 5.41) is 0. The topological polar surface area (TPSA) is 26.3 Å². The molecule has 0 saturated heterocycles. The maximum absolute atomic E-state index is 13.0. The van der Waals surface area contributed by atoms with Crippen LogP contribution < -0.4 is 4.74 Å². The van der Waals surface area contributed by atoms with Crippen molar-refractivity contribution in [1.82, 2.24) is 0 Å². The fourth-order valence-corrected chi connectivity index (χ4v) is 4.79. The molecule has 2 aliphatic rings. The van der Waals surface area contributed by atoms with Gasteiger partial charge < -0.3 is 4.74 Å². The van der Waals surface area contributed by atoms with E-state index >= 15 is 0 Å². The number of carbonyl (C=O) groups is 1. The highest BCUT2D eigenvalue weighted by Crippen LogP contribution is 2.42. The van der Waals surface area contributed by atoms with Crippen molar-refractivity contribution in [3.8, 4) is 5.75 Å². The lowest BCUT2D eigenvalue weighted by Gasteiger charge is -2.36. The Morgan fingerprint density at radius 1 is 1.00 bits per heavy atom. The highest BCUT2D eigenvalue weighted by Gasteiger charge is 2.33. The molecule has 2 fully saturated rings. The Bertz CT molecular complexity index is 606. The fourth-order valence-electron chi connectivity index (χ4n) is 4.79. The molecule has 0 heterocycles. The Kier molecular flexibility index (Phi) is 7.49. The highest BCUT2D eigenvalue weighted by molar-refractivity contribution is 5.75. The second-order valence-electron chi connectivity index (χ2n) is 8.38. The van der Waals surface area contributed by atoms with Crippen molar-refractivity contribution in [1.29, 1.82) is 0 Å². The van der Waals surface area contributed by atoms with Crippen LogP contribution in [0.4, 0.5) is 4.39 Å². The van der Waals surface area contributed by atoms with Crippen molar-refractivity contribution in [2.75, 3.05) is 0 Å². The van der Waals surface area contributed by atoms with Gasteiger partial charge in [0.15, 0.2) is 0 Å². The number of ether oxygens (including phenoxy) is 1. The van der Waals surface area contributed by atoms with Crippen LogP contribution in [-0.2, 0) is 4.79 Å². The van der Waals surface area contributed by atoms with Crippen LogP contribution in [0.25, 0.3) is 0 Å². The molecule has 3 heteroatoms. The molecule has 1 aromatic rings. The smallest absolute Gasteiger partial charge is 0.314 e. The van der Waals surface area contributed by atoms with E-state index in [1.807, 2.05) is 0 Å². The summed E-state index contributed by atoms with van der Waals surface area (Å²) in [7, 11) is 0. The van der Waals surface area contributed by atoms with Gasteiger partial charge in [-0.05, 0) is 99.8 Å². The Morgan fingerprint density at radius 2 is 1.59 bits per heavy atom.